The van der Waals surface area contributed by atoms with Crippen LogP contribution in [0.3, 0.4) is 0 Å². The fourth-order valence-electron chi connectivity index (χ4n) is 2.28. The smallest absolute Gasteiger partial charge is 0.335 e. The number of amides is 1. The van der Waals surface area contributed by atoms with Crippen LogP contribution in [0.15, 0.2) is 53.7 Å². The van der Waals surface area contributed by atoms with Gasteiger partial charge in [0.15, 0.2) is 0 Å². The third kappa shape index (κ3) is 5.32. The van der Waals surface area contributed by atoms with Crippen LogP contribution < -0.4 is 5.32 Å². The first-order valence-corrected chi connectivity index (χ1v) is 9.28. The number of hydrogen-bond acceptors (Lipinski definition) is 5. The van der Waals surface area contributed by atoms with Crippen molar-refractivity contribution in [2.45, 2.75) is 11.6 Å². The number of aromatic amines is 1. The molecule has 0 unspecified atom stereocenters. The summed E-state index contributed by atoms with van der Waals surface area (Å²) in [4.78, 5) is 27.5. The molecule has 2 aromatic carbocycles. The highest BCUT2D eigenvalue weighted by molar-refractivity contribution is 7.99. The van der Waals surface area contributed by atoms with Crippen molar-refractivity contribution in [3.63, 3.8) is 0 Å². The molecule has 27 heavy (non-hydrogen) atoms. The second-order valence-electron chi connectivity index (χ2n) is 5.56. The highest BCUT2D eigenvalue weighted by Crippen LogP contribution is 2.24. The Morgan fingerprint density at radius 1 is 1.19 bits per heavy atom. The SMILES string of the molecule is O=C(CSc1n[nH]c(Cc2ccccc2)n1)Nc1cc(C(=O)O)ccc1Cl. The molecule has 0 aliphatic rings. The molecule has 1 heterocycles. The summed E-state index contributed by atoms with van der Waals surface area (Å²) >= 11 is 7.17. The van der Waals surface area contributed by atoms with Gasteiger partial charge in [0.05, 0.1) is 22.0 Å². The van der Waals surface area contributed by atoms with Crippen LogP contribution in [-0.2, 0) is 11.2 Å². The van der Waals surface area contributed by atoms with E-state index in [0.717, 1.165) is 5.56 Å². The number of hydrogen-bond donors (Lipinski definition) is 3. The van der Waals surface area contributed by atoms with Crippen molar-refractivity contribution in [2.75, 3.05) is 11.1 Å². The molecule has 1 amide bonds. The van der Waals surface area contributed by atoms with Crippen molar-refractivity contribution in [1.82, 2.24) is 15.2 Å². The van der Waals surface area contributed by atoms with Crippen LogP contribution in [0.4, 0.5) is 5.69 Å². The molecule has 0 saturated heterocycles. The van der Waals surface area contributed by atoms with E-state index in [1.54, 1.807) is 0 Å². The number of thioether (sulfide) groups is 1. The Bertz CT molecular complexity index is 962. The van der Waals surface area contributed by atoms with Crippen molar-refractivity contribution in [3.8, 4) is 0 Å². The number of carbonyl (C=O) groups is 2. The molecule has 0 aliphatic carbocycles. The first-order chi connectivity index (χ1) is 13.0. The maximum atomic E-state index is 12.1. The Labute approximate surface area is 164 Å². The minimum atomic E-state index is -1.09. The zero-order valence-electron chi connectivity index (χ0n) is 14.0. The number of H-pyrrole nitrogens is 1. The van der Waals surface area contributed by atoms with E-state index in [9.17, 15) is 9.59 Å². The fraction of sp³-hybridized carbons (Fsp3) is 0.111. The van der Waals surface area contributed by atoms with Crippen LogP contribution in [0.1, 0.15) is 21.7 Å². The fourth-order valence-corrected chi connectivity index (χ4v) is 3.06. The zero-order valence-corrected chi connectivity index (χ0v) is 15.5. The number of aromatic nitrogens is 3. The van der Waals surface area contributed by atoms with Crippen molar-refractivity contribution in [2.24, 2.45) is 0 Å². The van der Waals surface area contributed by atoms with E-state index >= 15 is 0 Å². The molecule has 9 heteroatoms. The normalized spacial score (nSPS) is 10.6. The summed E-state index contributed by atoms with van der Waals surface area (Å²) in [6.07, 6.45) is 0.623. The Morgan fingerprint density at radius 3 is 2.70 bits per heavy atom. The van der Waals surface area contributed by atoms with E-state index in [4.69, 9.17) is 16.7 Å². The van der Waals surface area contributed by atoms with E-state index in [1.807, 2.05) is 30.3 Å². The van der Waals surface area contributed by atoms with Gasteiger partial charge in [-0.15, -0.1) is 5.10 Å². The van der Waals surface area contributed by atoms with E-state index in [2.05, 4.69) is 20.5 Å². The second kappa shape index (κ2) is 8.70. The number of nitrogens with one attached hydrogen (secondary N) is 2. The molecule has 0 saturated carbocycles. The lowest BCUT2D eigenvalue weighted by atomic mass is 10.1. The van der Waals surface area contributed by atoms with Gasteiger partial charge in [-0.3, -0.25) is 9.89 Å². The molecule has 1 aromatic heterocycles. The largest absolute Gasteiger partial charge is 0.478 e. The topological polar surface area (TPSA) is 108 Å². The zero-order chi connectivity index (χ0) is 19.2. The number of carbonyl (C=O) groups excluding carboxylic acids is 1. The van der Waals surface area contributed by atoms with Crippen LogP contribution in [0.25, 0.3) is 0 Å². The molecule has 3 N–H and O–H groups in total. The molecule has 138 valence electrons. The van der Waals surface area contributed by atoms with Crippen LogP contribution >= 0.6 is 23.4 Å². The Hall–Kier alpha value is -2.84. The van der Waals surface area contributed by atoms with Gasteiger partial charge in [-0.25, -0.2) is 9.78 Å². The molecule has 3 rings (SSSR count). The van der Waals surface area contributed by atoms with Crippen molar-refractivity contribution in [3.05, 3.63) is 70.5 Å². The molecular formula is C18H15ClN4O3S. The highest BCUT2D eigenvalue weighted by Gasteiger charge is 2.12. The van der Waals surface area contributed by atoms with Crippen molar-refractivity contribution < 1.29 is 14.7 Å². The maximum Gasteiger partial charge on any atom is 0.335 e. The minimum Gasteiger partial charge on any atom is -0.478 e. The number of rotatable bonds is 7. The molecule has 0 radical (unpaired) electrons. The number of nitrogens with zero attached hydrogens (tertiary/aromatic N) is 2. The lowest BCUT2D eigenvalue weighted by molar-refractivity contribution is -0.113. The summed E-state index contributed by atoms with van der Waals surface area (Å²) in [5.41, 5.74) is 1.40. The van der Waals surface area contributed by atoms with Crippen molar-refractivity contribution >= 4 is 40.9 Å². The van der Waals surface area contributed by atoms with E-state index in [0.29, 0.717) is 17.4 Å². The van der Waals surface area contributed by atoms with Gasteiger partial charge in [0.25, 0.3) is 0 Å². The lowest BCUT2D eigenvalue weighted by Gasteiger charge is -2.07. The lowest BCUT2D eigenvalue weighted by Crippen LogP contribution is -2.15. The molecule has 0 aliphatic heterocycles. The highest BCUT2D eigenvalue weighted by atomic mass is 35.5. The summed E-state index contributed by atoms with van der Waals surface area (Å²) in [5, 5.41) is 19.3. The number of carboxylic acids is 1. The molecule has 0 atom stereocenters. The van der Waals surface area contributed by atoms with Crippen LogP contribution in [0.5, 0.6) is 0 Å². The Kier molecular flexibility index (Phi) is 6.10. The number of halogens is 1. The summed E-state index contributed by atoms with van der Waals surface area (Å²) in [6, 6.07) is 14.0. The second-order valence-corrected chi connectivity index (χ2v) is 6.91. The van der Waals surface area contributed by atoms with E-state index in [-0.39, 0.29) is 27.9 Å². The Balaban J connectivity index is 1.55. The van der Waals surface area contributed by atoms with Crippen LogP contribution in [-0.4, -0.2) is 37.9 Å². The first kappa shape index (κ1) is 18.9. The van der Waals surface area contributed by atoms with Gasteiger partial charge < -0.3 is 10.4 Å². The maximum absolute atomic E-state index is 12.1. The summed E-state index contributed by atoms with van der Waals surface area (Å²) in [7, 11) is 0. The van der Waals surface area contributed by atoms with E-state index in [1.165, 1.54) is 30.0 Å². The third-order valence-electron chi connectivity index (χ3n) is 3.55. The standard InChI is InChI=1S/C18H15ClN4O3S/c19-13-7-6-12(17(25)26)9-14(13)20-16(24)10-27-18-21-15(22-23-18)8-11-4-2-1-3-5-11/h1-7,9H,8,10H2,(H,20,24)(H,25,26)(H,21,22,23). The monoisotopic (exact) mass is 402 g/mol. The number of aromatic carboxylic acids is 1. The summed E-state index contributed by atoms with van der Waals surface area (Å²) in [6.45, 7) is 0. The van der Waals surface area contributed by atoms with Gasteiger partial charge in [-0.05, 0) is 23.8 Å². The van der Waals surface area contributed by atoms with Gasteiger partial charge in [-0.1, -0.05) is 53.7 Å². The van der Waals surface area contributed by atoms with Gasteiger partial charge >= 0.3 is 5.97 Å². The molecule has 0 spiro atoms. The summed E-state index contributed by atoms with van der Waals surface area (Å²) in [5.74, 6) is -0.653. The van der Waals surface area contributed by atoms with Gasteiger partial charge in [0.1, 0.15) is 5.82 Å². The van der Waals surface area contributed by atoms with Gasteiger partial charge in [-0.2, -0.15) is 0 Å². The van der Waals surface area contributed by atoms with Gasteiger partial charge in [0.2, 0.25) is 11.1 Å². The van der Waals surface area contributed by atoms with Crippen molar-refractivity contribution in [1.29, 1.82) is 0 Å². The number of carboxylic acid groups (broad SMARTS) is 1. The Morgan fingerprint density at radius 2 is 1.96 bits per heavy atom. The molecule has 0 bridgehead atoms. The minimum absolute atomic E-state index is 0.0434. The van der Waals surface area contributed by atoms with Crippen LogP contribution in [0.2, 0.25) is 5.02 Å². The average molecular weight is 403 g/mol. The quantitative estimate of drug-likeness (QED) is 0.522. The predicted octanol–water partition coefficient (Wildman–Crippen LogP) is 3.48. The predicted molar refractivity (Wildman–Crippen MR) is 103 cm³/mol. The average Bonchev–Trinajstić information content (AvgIpc) is 3.10. The molecular weight excluding hydrogens is 388 g/mol. The number of anilines is 1. The van der Waals surface area contributed by atoms with Crippen LogP contribution in [0, 0.1) is 0 Å². The van der Waals surface area contributed by atoms with Gasteiger partial charge in [0, 0.05) is 6.42 Å². The third-order valence-corrected chi connectivity index (χ3v) is 4.72. The molecule has 3 aromatic rings. The number of benzene rings is 2. The first-order valence-electron chi connectivity index (χ1n) is 7.92. The van der Waals surface area contributed by atoms with E-state index < -0.39 is 5.97 Å². The molecule has 7 nitrogen and oxygen atoms in total. The summed E-state index contributed by atoms with van der Waals surface area (Å²) < 4.78 is 0. The molecule has 0 fully saturated rings.